The Balaban J connectivity index is 1.84. The van der Waals surface area contributed by atoms with Crippen molar-refractivity contribution in [3.05, 3.63) is 63.1 Å². The number of esters is 1. The number of rotatable bonds is 5. The number of amides is 1. The molecule has 0 aliphatic rings. The van der Waals surface area contributed by atoms with E-state index in [9.17, 15) is 9.59 Å². The molecule has 1 N–H and O–H groups in total. The highest BCUT2D eigenvalue weighted by Gasteiger charge is 2.11. The highest BCUT2D eigenvalue weighted by atomic mass is 79.9. The summed E-state index contributed by atoms with van der Waals surface area (Å²) in [6.45, 7) is 1.54. The summed E-state index contributed by atoms with van der Waals surface area (Å²) in [5.74, 6) is -0.885. The summed E-state index contributed by atoms with van der Waals surface area (Å²) in [4.78, 5) is 23.6. The number of anilines is 1. The number of nitrogens with one attached hydrogen (secondary N) is 1. The van der Waals surface area contributed by atoms with Gasteiger partial charge in [-0.15, -0.1) is 0 Å². The quantitative estimate of drug-likeness (QED) is 0.773. The van der Waals surface area contributed by atoms with Crippen LogP contribution < -0.4 is 5.32 Å². The first kappa shape index (κ1) is 17.5. The first-order valence-electron chi connectivity index (χ1n) is 6.91. The second-order valence-electron chi connectivity index (χ2n) is 4.94. The second kappa shape index (κ2) is 8.13. The number of hydrogen-bond donors (Lipinski definition) is 1. The van der Waals surface area contributed by atoms with Crippen LogP contribution in [-0.4, -0.2) is 18.5 Å². The molecule has 0 radical (unpaired) electrons. The molecule has 6 heteroatoms. The molecule has 23 heavy (non-hydrogen) atoms. The zero-order valence-electron chi connectivity index (χ0n) is 12.4. The summed E-state index contributed by atoms with van der Waals surface area (Å²) >= 11 is 9.33. The minimum atomic E-state index is -0.499. The van der Waals surface area contributed by atoms with E-state index in [2.05, 4.69) is 21.2 Å². The Bertz CT molecular complexity index is 734. The van der Waals surface area contributed by atoms with Crippen LogP contribution in [0.4, 0.5) is 5.69 Å². The van der Waals surface area contributed by atoms with Gasteiger partial charge in [0.05, 0.1) is 6.42 Å². The lowest BCUT2D eigenvalue weighted by molar-refractivity contribution is -0.146. The largest absolute Gasteiger partial charge is 0.455 e. The van der Waals surface area contributed by atoms with Crippen molar-refractivity contribution < 1.29 is 14.3 Å². The van der Waals surface area contributed by atoms with Crippen LogP contribution in [0.1, 0.15) is 11.1 Å². The second-order valence-corrected chi connectivity index (χ2v) is 6.26. The van der Waals surface area contributed by atoms with Crippen LogP contribution in [0.5, 0.6) is 0 Å². The van der Waals surface area contributed by atoms with Gasteiger partial charge in [0.2, 0.25) is 0 Å². The number of carbonyl (C=O) groups is 2. The summed E-state index contributed by atoms with van der Waals surface area (Å²) in [7, 11) is 0. The Labute approximate surface area is 147 Å². The van der Waals surface area contributed by atoms with Crippen LogP contribution in [0.15, 0.2) is 46.9 Å². The number of aryl methyl sites for hydroxylation is 1. The molecule has 0 bridgehead atoms. The van der Waals surface area contributed by atoms with Gasteiger partial charge in [-0.25, -0.2) is 0 Å². The molecule has 120 valence electrons. The summed E-state index contributed by atoms with van der Waals surface area (Å²) in [5.41, 5.74) is 2.26. The van der Waals surface area contributed by atoms with E-state index in [1.54, 1.807) is 30.3 Å². The van der Waals surface area contributed by atoms with Gasteiger partial charge >= 0.3 is 5.97 Å². The third-order valence-corrected chi connectivity index (χ3v) is 3.98. The highest BCUT2D eigenvalue weighted by molar-refractivity contribution is 9.10. The molecule has 2 aromatic carbocycles. The standard InChI is InChI=1S/C17H15BrClNO3/c1-11-8-13(18)6-7-15(11)20-16(21)10-23-17(22)9-12-4-2-3-5-14(12)19/h2-8H,9-10H2,1H3,(H,20,21). The van der Waals surface area contributed by atoms with Gasteiger partial charge in [-0.05, 0) is 42.3 Å². The molecule has 0 aliphatic heterocycles. The fourth-order valence-electron chi connectivity index (χ4n) is 1.95. The van der Waals surface area contributed by atoms with E-state index in [1.165, 1.54) is 0 Å². The van der Waals surface area contributed by atoms with Gasteiger partial charge in [0.25, 0.3) is 5.91 Å². The Morgan fingerprint density at radius 2 is 1.96 bits per heavy atom. The van der Waals surface area contributed by atoms with Gasteiger partial charge in [-0.2, -0.15) is 0 Å². The van der Waals surface area contributed by atoms with Gasteiger partial charge in [0.15, 0.2) is 6.61 Å². The highest BCUT2D eigenvalue weighted by Crippen LogP contribution is 2.20. The lowest BCUT2D eigenvalue weighted by atomic mass is 10.1. The summed E-state index contributed by atoms with van der Waals surface area (Å²) < 4.78 is 5.91. The van der Waals surface area contributed by atoms with Crippen LogP contribution in [0.3, 0.4) is 0 Å². The van der Waals surface area contributed by atoms with E-state index < -0.39 is 5.97 Å². The zero-order valence-corrected chi connectivity index (χ0v) is 14.8. The monoisotopic (exact) mass is 395 g/mol. The zero-order chi connectivity index (χ0) is 16.8. The fourth-order valence-corrected chi connectivity index (χ4v) is 2.63. The molecule has 0 fully saturated rings. The summed E-state index contributed by atoms with van der Waals surface area (Å²) in [6.07, 6.45) is 0.0320. The molecule has 0 saturated heterocycles. The Morgan fingerprint density at radius 1 is 1.22 bits per heavy atom. The van der Waals surface area contributed by atoms with Crippen molar-refractivity contribution in [3.8, 4) is 0 Å². The Kier molecular flexibility index (Phi) is 6.19. The maximum absolute atomic E-state index is 11.8. The number of hydrogen-bond acceptors (Lipinski definition) is 3. The molecule has 0 heterocycles. The van der Waals surface area contributed by atoms with Crippen LogP contribution >= 0.6 is 27.5 Å². The fraction of sp³-hybridized carbons (Fsp3) is 0.176. The summed E-state index contributed by atoms with van der Waals surface area (Å²) in [5, 5.41) is 3.20. The van der Waals surface area contributed by atoms with Gasteiger partial charge in [-0.3, -0.25) is 9.59 Å². The van der Waals surface area contributed by atoms with Crippen molar-refractivity contribution in [2.45, 2.75) is 13.3 Å². The SMILES string of the molecule is Cc1cc(Br)ccc1NC(=O)COC(=O)Cc1ccccc1Cl. The topological polar surface area (TPSA) is 55.4 Å². The van der Waals surface area contributed by atoms with E-state index >= 15 is 0 Å². The lowest BCUT2D eigenvalue weighted by Crippen LogP contribution is -2.22. The van der Waals surface area contributed by atoms with Crippen LogP contribution in [0.25, 0.3) is 0 Å². The molecule has 0 aromatic heterocycles. The molecule has 4 nitrogen and oxygen atoms in total. The van der Waals surface area contributed by atoms with E-state index in [0.717, 1.165) is 10.0 Å². The Morgan fingerprint density at radius 3 is 2.65 bits per heavy atom. The summed E-state index contributed by atoms with van der Waals surface area (Å²) in [6, 6.07) is 12.5. The third-order valence-electron chi connectivity index (χ3n) is 3.12. The average Bonchev–Trinajstić information content (AvgIpc) is 2.50. The minimum absolute atomic E-state index is 0.0320. The molecule has 1 amide bonds. The predicted octanol–water partition coefficient (Wildman–Crippen LogP) is 4.14. The average molecular weight is 397 g/mol. The molecule has 0 spiro atoms. The normalized spacial score (nSPS) is 10.2. The molecular weight excluding hydrogens is 382 g/mol. The van der Waals surface area contributed by atoms with Crippen LogP contribution in [-0.2, 0) is 20.7 Å². The molecule has 0 unspecified atom stereocenters. The van der Waals surface area contributed by atoms with Crippen molar-refractivity contribution in [1.82, 2.24) is 0 Å². The van der Waals surface area contributed by atoms with Crippen LogP contribution in [0, 0.1) is 6.92 Å². The van der Waals surface area contributed by atoms with Crippen molar-refractivity contribution >= 4 is 45.1 Å². The van der Waals surface area contributed by atoms with Crippen molar-refractivity contribution in [2.24, 2.45) is 0 Å². The number of halogens is 2. The first-order chi connectivity index (χ1) is 11.0. The predicted molar refractivity (Wildman–Crippen MR) is 93.6 cm³/mol. The maximum Gasteiger partial charge on any atom is 0.310 e. The number of carbonyl (C=O) groups excluding carboxylic acids is 2. The van der Waals surface area contributed by atoms with E-state index in [4.69, 9.17) is 16.3 Å². The van der Waals surface area contributed by atoms with Crippen molar-refractivity contribution in [2.75, 3.05) is 11.9 Å². The maximum atomic E-state index is 11.8. The van der Waals surface area contributed by atoms with Gasteiger partial charge in [0.1, 0.15) is 0 Å². The molecular formula is C17H15BrClNO3. The van der Waals surface area contributed by atoms with Gasteiger partial charge in [0, 0.05) is 15.2 Å². The number of ether oxygens (including phenoxy) is 1. The lowest BCUT2D eigenvalue weighted by Gasteiger charge is -2.09. The molecule has 0 saturated carbocycles. The number of benzene rings is 2. The van der Waals surface area contributed by atoms with E-state index in [1.807, 2.05) is 19.1 Å². The van der Waals surface area contributed by atoms with Gasteiger partial charge in [-0.1, -0.05) is 45.7 Å². The van der Waals surface area contributed by atoms with E-state index in [0.29, 0.717) is 16.3 Å². The first-order valence-corrected chi connectivity index (χ1v) is 8.08. The van der Waals surface area contributed by atoms with Crippen molar-refractivity contribution in [3.63, 3.8) is 0 Å². The Hall–Kier alpha value is -1.85. The molecule has 2 rings (SSSR count). The van der Waals surface area contributed by atoms with Gasteiger partial charge < -0.3 is 10.1 Å². The molecule has 2 aromatic rings. The smallest absolute Gasteiger partial charge is 0.310 e. The third kappa shape index (κ3) is 5.37. The molecule has 0 aliphatic carbocycles. The molecule has 0 atom stereocenters. The minimum Gasteiger partial charge on any atom is -0.455 e. The van der Waals surface area contributed by atoms with Crippen LogP contribution in [0.2, 0.25) is 5.02 Å². The van der Waals surface area contributed by atoms with Crippen molar-refractivity contribution in [1.29, 1.82) is 0 Å². The van der Waals surface area contributed by atoms with E-state index in [-0.39, 0.29) is 18.9 Å².